The van der Waals surface area contributed by atoms with Gasteiger partial charge in [-0.25, -0.2) is 9.97 Å². The summed E-state index contributed by atoms with van der Waals surface area (Å²) in [6, 6.07) is -0.133. The number of hydrogen-bond acceptors (Lipinski definition) is 6. The SMILES string of the molecule is Cn1c(C2CCCCC2)cnc1Nc1nc(N2CCC[C@H]2C(=O)N2CCCCC2)nc2c1CCC2. The number of hydrogen-bond donors (Lipinski definition) is 1. The van der Waals surface area contributed by atoms with Crippen LogP contribution < -0.4 is 10.2 Å². The molecular weight excluding hydrogens is 438 g/mol. The van der Waals surface area contributed by atoms with Crippen molar-refractivity contribution in [3.63, 3.8) is 0 Å². The van der Waals surface area contributed by atoms with Gasteiger partial charge in [-0.2, -0.15) is 4.98 Å². The second kappa shape index (κ2) is 9.78. The maximum Gasteiger partial charge on any atom is 0.245 e. The number of amides is 1. The van der Waals surface area contributed by atoms with Crippen LogP contribution in [0.4, 0.5) is 17.7 Å². The highest BCUT2D eigenvalue weighted by Gasteiger charge is 2.36. The molecular formula is C27H39N7O. The molecule has 1 amide bonds. The van der Waals surface area contributed by atoms with E-state index in [1.807, 2.05) is 0 Å². The van der Waals surface area contributed by atoms with Crippen LogP contribution in [0.5, 0.6) is 0 Å². The minimum atomic E-state index is -0.133. The summed E-state index contributed by atoms with van der Waals surface area (Å²) in [7, 11) is 2.12. The Labute approximate surface area is 208 Å². The lowest BCUT2D eigenvalue weighted by Crippen LogP contribution is -2.48. The standard InChI is InChI=1S/C27H39N7O/c1-32-23(19-10-4-2-5-11-19)18-28-26(32)30-24-20-12-8-13-21(20)29-27(31-24)34-17-9-14-22(34)25(35)33-15-6-3-7-16-33/h18-19,22H,2-17H2,1H3,(H,28,29,30,31)/t22-/m0/s1. The van der Waals surface area contributed by atoms with Crippen molar-refractivity contribution in [2.45, 2.75) is 95.4 Å². The first-order chi connectivity index (χ1) is 17.2. The summed E-state index contributed by atoms with van der Waals surface area (Å²) in [6.45, 7) is 2.63. The number of aryl methyl sites for hydroxylation is 1. The second-order valence-electron chi connectivity index (χ2n) is 10.9. The molecule has 0 bridgehead atoms. The molecule has 8 heteroatoms. The van der Waals surface area contributed by atoms with Gasteiger partial charge in [-0.15, -0.1) is 0 Å². The minimum Gasteiger partial charge on any atom is -0.341 e. The van der Waals surface area contributed by atoms with Gasteiger partial charge in [0.15, 0.2) is 0 Å². The molecule has 1 atom stereocenters. The van der Waals surface area contributed by atoms with Crippen LogP contribution in [0, 0.1) is 0 Å². The zero-order valence-electron chi connectivity index (χ0n) is 21.1. The molecule has 2 saturated heterocycles. The molecule has 0 radical (unpaired) electrons. The first-order valence-corrected chi connectivity index (χ1v) is 13.9. The highest BCUT2D eigenvalue weighted by Crippen LogP contribution is 2.36. The van der Waals surface area contributed by atoms with Gasteiger partial charge in [0.1, 0.15) is 11.9 Å². The van der Waals surface area contributed by atoms with E-state index in [0.29, 0.717) is 11.9 Å². The normalized spacial score (nSPS) is 23.1. The van der Waals surface area contributed by atoms with Crippen LogP contribution in [0.2, 0.25) is 0 Å². The monoisotopic (exact) mass is 477 g/mol. The number of carbonyl (C=O) groups excluding carboxylic acids is 1. The van der Waals surface area contributed by atoms with Crippen molar-refractivity contribution in [3.8, 4) is 0 Å². The molecule has 4 heterocycles. The van der Waals surface area contributed by atoms with Gasteiger partial charge in [0.25, 0.3) is 0 Å². The van der Waals surface area contributed by atoms with E-state index in [9.17, 15) is 4.79 Å². The van der Waals surface area contributed by atoms with E-state index >= 15 is 0 Å². The minimum absolute atomic E-state index is 0.133. The molecule has 188 valence electrons. The molecule has 0 aromatic carbocycles. The Morgan fingerprint density at radius 3 is 2.54 bits per heavy atom. The average molecular weight is 478 g/mol. The average Bonchev–Trinajstić information content (AvgIpc) is 3.65. The number of nitrogens with zero attached hydrogens (tertiary/aromatic N) is 6. The Morgan fingerprint density at radius 1 is 0.914 bits per heavy atom. The molecule has 8 nitrogen and oxygen atoms in total. The molecule has 6 rings (SSSR count). The number of fused-ring (bicyclic) bond motifs is 1. The zero-order valence-corrected chi connectivity index (χ0v) is 21.1. The third-order valence-corrected chi connectivity index (χ3v) is 8.66. The van der Waals surface area contributed by atoms with Gasteiger partial charge >= 0.3 is 0 Å². The van der Waals surface area contributed by atoms with Crippen molar-refractivity contribution >= 4 is 23.6 Å². The van der Waals surface area contributed by atoms with Crippen molar-refractivity contribution in [1.29, 1.82) is 0 Å². The number of piperidine rings is 1. The van der Waals surface area contributed by atoms with E-state index in [0.717, 1.165) is 82.0 Å². The maximum atomic E-state index is 13.4. The Balaban J connectivity index is 1.27. The number of imidazole rings is 1. The van der Waals surface area contributed by atoms with Gasteiger partial charge in [-0.05, 0) is 64.2 Å². The molecule has 0 spiro atoms. The van der Waals surface area contributed by atoms with Gasteiger partial charge in [0.2, 0.25) is 17.8 Å². The van der Waals surface area contributed by atoms with Crippen molar-refractivity contribution in [2.24, 2.45) is 7.05 Å². The Bertz CT molecular complexity index is 1070. The van der Waals surface area contributed by atoms with Gasteiger partial charge in [0, 0.05) is 43.9 Å². The van der Waals surface area contributed by atoms with Crippen LogP contribution in [-0.4, -0.2) is 56.0 Å². The van der Waals surface area contributed by atoms with Crippen LogP contribution in [-0.2, 0) is 24.7 Å². The topological polar surface area (TPSA) is 79.2 Å². The second-order valence-corrected chi connectivity index (χ2v) is 10.9. The molecule has 2 aromatic rings. The summed E-state index contributed by atoms with van der Waals surface area (Å²) >= 11 is 0. The number of rotatable bonds is 5. The van der Waals surface area contributed by atoms with Crippen LogP contribution in [0.1, 0.15) is 93.5 Å². The summed E-state index contributed by atoms with van der Waals surface area (Å²) in [6.07, 6.45) is 17.0. The van der Waals surface area contributed by atoms with Crippen molar-refractivity contribution in [3.05, 3.63) is 23.1 Å². The van der Waals surface area contributed by atoms with Gasteiger partial charge in [0.05, 0.1) is 11.9 Å². The molecule has 2 aromatic heterocycles. The number of anilines is 3. The predicted molar refractivity (Wildman–Crippen MR) is 137 cm³/mol. The molecule has 2 aliphatic carbocycles. The molecule has 0 unspecified atom stereocenters. The Hall–Kier alpha value is -2.64. The summed E-state index contributed by atoms with van der Waals surface area (Å²) < 4.78 is 2.22. The fraction of sp³-hybridized carbons (Fsp3) is 0.704. The lowest BCUT2D eigenvalue weighted by molar-refractivity contribution is -0.133. The fourth-order valence-electron chi connectivity index (χ4n) is 6.66. The Morgan fingerprint density at radius 2 is 1.71 bits per heavy atom. The zero-order chi connectivity index (χ0) is 23.8. The fourth-order valence-corrected chi connectivity index (χ4v) is 6.66. The highest BCUT2D eigenvalue weighted by atomic mass is 16.2. The maximum absolute atomic E-state index is 13.4. The smallest absolute Gasteiger partial charge is 0.245 e. The quantitative estimate of drug-likeness (QED) is 0.684. The van der Waals surface area contributed by atoms with E-state index in [2.05, 4.69) is 32.9 Å². The number of carbonyl (C=O) groups is 1. The Kier molecular flexibility index (Phi) is 6.37. The first-order valence-electron chi connectivity index (χ1n) is 13.9. The summed E-state index contributed by atoms with van der Waals surface area (Å²) in [5.41, 5.74) is 3.68. The lowest BCUT2D eigenvalue weighted by atomic mass is 9.87. The lowest BCUT2D eigenvalue weighted by Gasteiger charge is -2.32. The van der Waals surface area contributed by atoms with E-state index in [1.165, 1.54) is 49.8 Å². The third-order valence-electron chi connectivity index (χ3n) is 8.66. The highest BCUT2D eigenvalue weighted by molar-refractivity contribution is 5.85. The van der Waals surface area contributed by atoms with Gasteiger partial charge in [-0.1, -0.05) is 19.3 Å². The number of aromatic nitrogens is 4. The summed E-state index contributed by atoms with van der Waals surface area (Å²) in [4.78, 5) is 32.4. The van der Waals surface area contributed by atoms with Gasteiger partial charge in [-0.3, -0.25) is 4.79 Å². The predicted octanol–water partition coefficient (Wildman–Crippen LogP) is 4.47. The van der Waals surface area contributed by atoms with Gasteiger partial charge < -0.3 is 19.7 Å². The van der Waals surface area contributed by atoms with Crippen LogP contribution in [0.3, 0.4) is 0 Å². The van der Waals surface area contributed by atoms with Crippen LogP contribution in [0.15, 0.2) is 6.20 Å². The first kappa shape index (κ1) is 22.8. The van der Waals surface area contributed by atoms with E-state index in [4.69, 9.17) is 15.0 Å². The molecule has 3 fully saturated rings. The van der Waals surface area contributed by atoms with Crippen LogP contribution in [0.25, 0.3) is 0 Å². The molecule has 2 aliphatic heterocycles. The largest absolute Gasteiger partial charge is 0.341 e. The number of likely N-dealkylation sites (tertiary alicyclic amines) is 1. The number of nitrogens with one attached hydrogen (secondary N) is 1. The van der Waals surface area contributed by atoms with Crippen LogP contribution >= 0.6 is 0 Å². The van der Waals surface area contributed by atoms with Crippen molar-refractivity contribution in [2.75, 3.05) is 29.9 Å². The summed E-state index contributed by atoms with van der Waals surface area (Å²) in [5.74, 6) is 3.31. The van der Waals surface area contributed by atoms with E-state index in [1.54, 1.807) is 0 Å². The van der Waals surface area contributed by atoms with Crippen molar-refractivity contribution < 1.29 is 4.79 Å². The molecule has 1 saturated carbocycles. The molecule has 1 N–H and O–H groups in total. The third kappa shape index (κ3) is 4.40. The van der Waals surface area contributed by atoms with E-state index in [-0.39, 0.29) is 11.9 Å². The van der Waals surface area contributed by atoms with Crippen molar-refractivity contribution in [1.82, 2.24) is 24.4 Å². The molecule has 4 aliphatic rings. The summed E-state index contributed by atoms with van der Waals surface area (Å²) in [5, 5.41) is 3.58. The van der Waals surface area contributed by atoms with E-state index < -0.39 is 0 Å². The molecule has 35 heavy (non-hydrogen) atoms.